The summed E-state index contributed by atoms with van der Waals surface area (Å²) in [6.45, 7) is 5.89. The van der Waals surface area contributed by atoms with Crippen molar-refractivity contribution >= 4 is 21.8 Å². The van der Waals surface area contributed by atoms with E-state index < -0.39 is 10.0 Å². The van der Waals surface area contributed by atoms with E-state index in [1.165, 1.54) is 12.3 Å². The summed E-state index contributed by atoms with van der Waals surface area (Å²) < 4.78 is 27.1. The Morgan fingerprint density at radius 3 is 2.62 bits per heavy atom. The summed E-state index contributed by atoms with van der Waals surface area (Å²) in [5, 5.41) is 10.5. The fraction of sp³-hybridized carbons (Fsp3) is 0.333. The van der Waals surface area contributed by atoms with Crippen LogP contribution in [0.2, 0.25) is 0 Å². The van der Waals surface area contributed by atoms with Crippen LogP contribution in [-0.2, 0) is 10.0 Å². The van der Waals surface area contributed by atoms with Gasteiger partial charge in [-0.2, -0.15) is 5.10 Å². The van der Waals surface area contributed by atoms with E-state index in [1.807, 2.05) is 6.92 Å². The van der Waals surface area contributed by atoms with Crippen molar-refractivity contribution in [3.63, 3.8) is 0 Å². The second-order valence-electron chi connectivity index (χ2n) is 4.29. The summed E-state index contributed by atoms with van der Waals surface area (Å²) in [6.07, 6.45) is 1.52. The van der Waals surface area contributed by atoms with Crippen molar-refractivity contribution in [3.05, 3.63) is 29.7 Å². The number of rotatable bonds is 5. The minimum atomic E-state index is -3.84. The Hall–Kier alpha value is -2.29. The molecule has 0 radical (unpaired) electrons. The molecule has 0 unspecified atom stereocenters. The first-order chi connectivity index (χ1) is 9.94. The summed E-state index contributed by atoms with van der Waals surface area (Å²) >= 11 is 0. The highest BCUT2D eigenvalue weighted by molar-refractivity contribution is 7.92. The third-order valence-electron chi connectivity index (χ3n) is 2.72. The summed E-state index contributed by atoms with van der Waals surface area (Å²) in [5.74, 6) is 0.216. The average Bonchev–Trinajstić information content (AvgIpc) is 2.43. The molecular weight excluding hydrogens is 292 g/mol. The fourth-order valence-electron chi connectivity index (χ4n) is 1.58. The Bertz CT molecular complexity index is 747. The lowest BCUT2D eigenvalue weighted by Crippen LogP contribution is -2.18. The molecule has 112 valence electrons. The highest BCUT2D eigenvalue weighted by atomic mass is 32.2. The highest BCUT2D eigenvalue weighted by Crippen LogP contribution is 2.20. The molecule has 0 spiro atoms. The summed E-state index contributed by atoms with van der Waals surface area (Å²) in [7, 11) is -3.84. The van der Waals surface area contributed by atoms with Crippen molar-refractivity contribution in [1.29, 1.82) is 0 Å². The summed E-state index contributed by atoms with van der Waals surface area (Å²) in [5.41, 5.74) is 1.26. The third kappa shape index (κ3) is 3.43. The van der Waals surface area contributed by atoms with Crippen LogP contribution in [0, 0.1) is 13.8 Å². The second-order valence-corrected chi connectivity index (χ2v) is 5.94. The van der Waals surface area contributed by atoms with Gasteiger partial charge in [0.1, 0.15) is 10.7 Å². The maximum atomic E-state index is 12.4. The van der Waals surface area contributed by atoms with E-state index in [0.717, 1.165) is 0 Å². The molecular formula is C12H16N6O2S. The van der Waals surface area contributed by atoms with Gasteiger partial charge in [0.15, 0.2) is 0 Å². The SMILES string of the molecule is CCNc1ncccc1S(=O)(=O)Nc1nnc(C)c(C)n1. The number of anilines is 2. The summed E-state index contributed by atoms with van der Waals surface area (Å²) in [6, 6.07) is 3.01. The van der Waals surface area contributed by atoms with Gasteiger partial charge in [0.05, 0.1) is 11.4 Å². The molecule has 8 nitrogen and oxygen atoms in total. The van der Waals surface area contributed by atoms with E-state index in [2.05, 4.69) is 30.2 Å². The average molecular weight is 308 g/mol. The first-order valence-corrected chi connectivity index (χ1v) is 7.82. The summed E-state index contributed by atoms with van der Waals surface area (Å²) in [4.78, 5) is 8.11. The molecule has 0 saturated carbocycles. The Labute approximate surface area is 123 Å². The molecule has 21 heavy (non-hydrogen) atoms. The van der Waals surface area contributed by atoms with Crippen molar-refractivity contribution in [2.45, 2.75) is 25.7 Å². The van der Waals surface area contributed by atoms with Crippen molar-refractivity contribution in [2.24, 2.45) is 0 Å². The van der Waals surface area contributed by atoms with Crippen molar-refractivity contribution in [2.75, 3.05) is 16.6 Å². The van der Waals surface area contributed by atoms with E-state index in [1.54, 1.807) is 19.9 Å². The molecule has 0 bridgehead atoms. The molecule has 9 heteroatoms. The molecule has 2 heterocycles. The lowest BCUT2D eigenvalue weighted by atomic mass is 10.4. The minimum absolute atomic E-state index is 0.0358. The first kappa shape index (κ1) is 15.1. The van der Waals surface area contributed by atoms with E-state index in [0.29, 0.717) is 17.9 Å². The van der Waals surface area contributed by atoms with Gasteiger partial charge in [-0.1, -0.05) is 0 Å². The van der Waals surface area contributed by atoms with E-state index in [-0.39, 0.29) is 16.7 Å². The van der Waals surface area contributed by atoms with Crippen LogP contribution in [0.1, 0.15) is 18.3 Å². The Balaban J connectivity index is 2.36. The smallest absolute Gasteiger partial charge is 0.267 e. The van der Waals surface area contributed by atoms with E-state index >= 15 is 0 Å². The third-order valence-corrected chi connectivity index (χ3v) is 4.08. The standard InChI is InChI=1S/C12H16N6O2S/c1-4-13-11-10(6-5-7-14-11)21(19,20)18-12-15-8(2)9(3)16-17-12/h5-7H,4H2,1-3H3,(H,13,14)(H,15,17,18). The van der Waals surface area contributed by atoms with Gasteiger partial charge in [0.25, 0.3) is 16.0 Å². The van der Waals surface area contributed by atoms with Crippen LogP contribution in [0.4, 0.5) is 11.8 Å². The topological polar surface area (TPSA) is 110 Å². The number of pyridine rings is 1. The fourth-order valence-corrected chi connectivity index (χ4v) is 2.66. The quantitative estimate of drug-likeness (QED) is 0.851. The van der Waals surface area contributed by atoms with Gasteiger partial charge in [-0.3, -0.25) is 0 Å². The Morgan fingerprint density at radius 2 is 1.95 bits per heavy atom. The molecule has 0 aliphatic heterocycles. The van der Waals surface area contributed by atoms with Crippen LogP contribution >= 0.6 is 0 Å². The zero-order chi connectivity index (χ0) is 15.5. The molecule has 0 aromatic carbocycles. The van der Waals surface area contributed by atoms with Gasteiger partial charge in [-0.15, -0.1) is 5.10 Å². The van der Waals surface area contributed by atoms with Crippen LogP contribution in [-0.4, -0.2) is 35.1 Å². The lowest BCUT2D eigenvalue weighted by Gasteiger charge is -2.11. The first-order valence-electron chi connectivity index (χ1n) is 6.33. The van der Waals surface area contributed by atoms with Gasteiger partial charge >= 0.3 is 0 Å². The molecule has 0 aliphatic carbocycles. The zero-order valence-electron chi connectivity index (χ0n) is 12.0. The van der Waals surface area contributed by atoms with Gasteiger partial charge < -0.3 is 5.32 Å². The molecule has 2 N–H and O–H groups in total. The number of nitrogens with zero attached hydrogens (tertiary/aromatic N) is 4. The number of aromatic nitrogens is 4. The predicted octanol–water partition coefficient (Wildman–Crippen LogP) is 1.12. The molecule has 0 fully saturated rings. The van der Waals surface area contributed by atoms with Crippen molar-refractivity contribution in [1.82, 2.24) is 20.2 Å². The molecule has 0 atom stereocenters. The lowest BCUT2D eigenvalue weighted by molar-refractivity contribution is 0.600. The monoisotopic (exact) mass is 308 g/mol. The van der Waals surface area contributed by atoms with Gasteiger partial charge in [-0.05, 0) is 32.9 Å². The molecule has 2 aromatic rings. The second kappa shape index (κ2) is 6.00. The maximum Gasteiger partial charge on any atom is 0.267 e. The van der Waals surface area contributed by atoms with Crippen LogP contribution in [0.25, 0.3) is 0 Å². The van der Waals surface area contributed by atoms with Crippen LogP contribution < -0.4 is 10.0 Å². The van der Waals surface area contributed by atoms with E-state index in [9.17, 15) is 8.42 Å². The normalized spacial score (nSPS) is 11.2. The highest BCUT2D eigenvalue weighted by Gasteiger charge is 2.20. The largest absolute Gasteiger partial charge is 0.369 e. The molecule has 0 amide bonds. The number of hydrogen-bond acceptors (Lipinski definition) is 7. The molecule has 0 aliphatic rings. The Kier molecular flexibility index (Phi) is 4.32. The maximum absolute atomic E-state index is 12.4. The number of nitrogens with one attached hydrogen (secondary N) is 2. The predicted molar refractivity (Wildman–Crippen MR) is 78.5 cm³/mol. The molecule has 0 saturated heterocycles. The van der Waals surface area contributed by atoms with Crippen LogP contribution in [0.15, 0.2) is 23.2 Å². The van der Waals surface area contributed by atoms with Crippen molar-refractivity contribution in [3.8, 4) is 0 Å². The zero-order valence-corrected chi connectivity index (χ0v) is 12.8. The molecule has 2 aromatic heterocycles. The van der Waals surface area contributed by atoms with Gasteiger partial charge in [0.2, 0.25) is 0 Å². The number of sulfonamides is 1. The van der Waals surface area contributed by atoms with E-state index in [4.69, 9.17) is 0 Å². The molecule has 2 rings (SSSR count). The van der Waals surface area contributed by atoms with Crippen LogP contribution in [0.5, 0.6) is 0 Å². The Morgan fingerprint density at radius 1 is 1.19 bits per heavy atom. The van der Waals surface area contributed by atoms with Gasteiger partial charge in [-0.25, -0.2) is 23.1 Å². The van der Waals surface area contributed by atoms with Crippen molar-refractivity contribution < 1.29 is 8.42 Å². The van der Waals surface area contributed by atoms with Crippen LogP contribution in [0.3, 0.4) is 0 Å². The number of aryl methyl sites for hydroxylation is 2. The minimum Gasteiger partial charge on any atom is -0.369 e. The van der Waals surface area contributed by atoms with Gasteiger partial charge in [0, 0.05) is 12.7 Å². The number of hydrogen-bond donors (Lipinski definition) is 2.